The van der Waals surface area contributed by atoms with E-state index in [1.165, 1.54) is 0 Å². The second-order valence-electron chi connectivity index (χ2n) is 3.43. The monoisotopic (exact) mass is 237 g/mol. The second-order valence-corrected chi connectivity index (χ2v) is 3.43. The van der Waals surface area contributed by atoms with Crippen LogP contribution in [0, 0.1) is 0 Å². The lowest BCUT2D eigenvalue weighted by Crippen LogP contribution is -2.24. The molecular formula is C11H19N5O. The molecule has 1 amide bonds. The Kier molecular flexibility index (Phi) is 5.77. The molecule has 0 aliphatic carbocycles. The molecule has 1 aromatic heterocycles. The Morgan fingerprint density at radius 3 is 2.82 bits per heavy atom. The van der Waals surface area contributed by atoms with Crippen molar-refractivity contribution in [3.8, 4) is 0 Å². The van der Waals surface area contributed by atoms with E-state index in [2.05, 4.69) is 25.9 Å². The number of carbonyl (C=O) groups is 1. The van der Waals surface area contributed by atoms with Crippen LogP contribution in [0.1, 0.15) is 20.3 Å². The van der Waals surface area contributed by atoms with E-state index < -0.39 is 0 Å². The van der Waals surface area contributed by atoms with Crippen LogP contribution in [0.4, 0.5) is 11.8 Å². The van der Waals surface area contributed by atoms with Crippen LogP contribution in [0.2, 0.25) is 0 Å². The first-order valence-electron chi connectivity index (χ1n) is 5.83. The topological polar surface area (TPSA) is 78.9 Å². The third kappa shape index (κ3) is 5.14. The zero-order chi connectivity index (χ0) is 12.5. The van der Waals surface area contributed by atoms with Crippen LogP contribution in [0.3, 0.4) is 0 Å². The van der Waals surface area contributed by atoms with Crippen molar-refractivity contribution in [1.82, 2.24) is 15.3 Å². The molecule has 17 heavy (non-hydrogen) atoms. The van der Waals surface area contributed by atoms with Gasteiger partial charge in [0.2, 0.25) is 11.9 Å². The lowest BCUT2D eigenvalue weighted by atomic mass is 10.4. The molecule has 6 heteroatoms. The summed E-state index contributed by atoms with van der Waals surface area (Å²) in [6, 6.07) is 1.78. The van der Waals surface area contributed by atoms with Gasteiger partial charge in [0.1, 0.15) is 5.82 Å². The summed E-state index contributed by atoms with van der Waals surface area (Å²) in [6.45, 7) is 5.89. The summed E-state index contributed by atoms with van der Waals surface area (Å²) in [7, 11) is 0. The van der Waals surface area contributed by atoms with Crippen LogP contribution in [0.5, 0.6) is 0 Å². The summed E-state index contributed by atoms with van der Waals surface area (Å²) in [5.41, 5.74) is 0. The van der Waals surface area contributed by atoms with Gasteiger partial charge in [0, 0.05) is 32.3 Å². The van der Waals surface area contributed by atoms with Gasteiger partial charge in [-0.2, -0.15) is 4.98 Å². The number of nitrogens with one attached hydrogen (secondary N) is 3. The van der Waals surface area contributed by atoms with E-state index >= 15 is 0 Å². The van der Waals surface area contributed by atoms with Crippen molar-refractivity contribution in [2.24, 2.45) is 0 Å². The Morgan fingerprint density at radius 1 is 1.29 bits per heavy atom. The summed E-state index contributed by atoms with van der Waals surface area (Å²) < 4.78 is 0. The van der Waals surface area contributed by atoms with Crippen LogP contribution in [-0.4, -0.2) is 35.5 Å². The van der Waals surface area contributed by atoms with Gasteiger partial charge >= 0.3 is 0 Å². The summed E-state index contributed by atoms with van der Waals surface area (Å²) in [5.74, 6) is 1.36. The maximum atomic E-state index is 11.2. The van der Waals surface area contributed by atoms with E-state index in [9.17, 15) is 4.79 Å². The fourth-order valence-corrected chi connectivity index (χ4v) is 1.29. The van der Waals surface area contributed by atoms with Gasteiger partial charge in [-0.25, -0.2) is 4.98 Å². The second kappa shape index (κ2) is 7.43. The summed E-state index contributed by atoms with van der Waals surface area (Å²) >= 11 is 0. The average Bonchev–Trinajstić information content (AvgIpc) is 2.30. The first-order valence-corrected chi connectivity index (χ1v) is 5.83. The quantitative estimate of drug-likeness (QED) is 0.655. The fourth-order valence-electron chi connectivity index (χ4n) is 1.29. The first kappa shape index (κ1) is 13.2. The van der Waals surface area contributed by atoms with Crippen molar-refractivity contribution < 1.29 is 4.79 Å². The SMILES string of the molecule is CCNC(=O)CCNc1ccnc(NCC)n1. The number of hydrogen-bond donors (Lipinski definition) is 3. The number of aromatic nitrogens is 2. The number of rotatable bonds is 7. The van der Waals surface area contributed by atoms with Crippen LogP contribution < -0.4 is 16.0 Å². The Labute approximate surface area is 101 Å². The fraction of sp³-hybridized carbons (Fsp3) is 0.545. The smallest absolute Gasteiger partial charge is 0.224 e. The maximum Gasteiger partial charge on any atom is 0.224 e. The molecule has 0 unspecified atom stereocenters. The molecule has 0 spiro atoms. The zero-order valence-electron chi connectivity index (χ0n) is 10.3. The molecule has 0 saturated heterocycles. The molecule has 0 aliphatic heterocycles. The van der Waals surface area contributed by atoms with Crippen LogP contribution in [-0.2, 0) is 4.79 Å². The van der Waals surface area contributed by atoms with Gasteiger partial charge in [-0.15, -0.1) is 0 Å². The maximum absolute atomic E-state index is 11.2. The van der Waals surface area contributed by atoms with Crippen molar-refractivity contribution >= 4 is 17.7 Å². The highest BCUT2D eigenvalue weighted by Gasteiger charge is 2.00. The Morgan fingerprint density at radius 2 is 2.12 bits per heavy atom. The highest BCUT2D eigenvalue weighted by Crippen LogP contribution is 2.04. The summed E-state index contributed by atoms with van der Waals surface area (Å²) in [4.78, 5) is 19.5. The Balaban J connectivity index is 2.35. The number of hydrogen-bond acceptors (Lipinski definition) is 5. The summed E-state index contributed by atoms with van der Waals surface area (Å²) in [5, 5.41) is 8.85. The molecule has 3 N–H and O–H groups in total. The zero-order valence-corrected chi connectivity index (χ0v) is 10.3. The Bertz CT molecular complexity index is 355. The molecule has 1 aromatic rings. The minimum atomic E-state index is 0.0426. The number of amides is 1. The molecule has 0 aliphatic rings. The molecule has 0 saturated carbocycles. The highest BCUT2D eigenvalue weighted by molar-refractivity contribution is 5.76. The van der Waals surface area contributed by atoms with E-state index in [1.54, 1.807) is 12.3 Å². The normalized spacial score (nSPS) is 9.76. The van der Waals surface area contributed by atoms with Crippen LogP contribution in [0.25, 0.3) is 0 Å². The van der Waals surface area contributed by atoms with Gasteiger partial charge in [0.15, 0.2) is 0 Å². The van der Waals surface area contributed by atoms with Crippen LogP contribution in [0.15, 0.2) is 12.3 Å². The highest BCUT2D eigenvalue weighted by atomic mass is 16.1. The van der Waals surface area contributed by atoms with Gasteiger partial charge in [-0.05, 0) is 19.9 Å². The molecule has 94 valence electrons. The molecule has 1 rings (SSSR count). The van der Waals surface area contributed by atoms with E-state index in [0.29, 0.717) is 25.5 Å². The predicted molar refractivity (Wildman–Crippen MR) is 68.0 cm³/mol. The van der Waals surface area contributed by atoms with Crippen molar-refractivity contribution in [1.29, 1.82) is 0 Å². The van der Waals surface area contributed by atoms with E-state index in [-0.39, 0.29) is 5.91 Å². The standard InChI is InChI=1S/C11H19N5O/c1-3-12-10(17)6-8-14-9-5-7-15-11(16-9)13-4-2/h5,7H,3-4,6,8H2,1-2H3,(H,12,17)(H2,13,14,15,16). The molecular weight excluding hydrogens is 218 g/mol. The number of nitrogens with zero attached hydrogens (tertiary/aromatic N) is 2. The Hall–Kier alpha value is -1.85. The van der Waals surface area contributed by atoms with Crippen molar-refractivity contribution in [2.75, 3.05) is 30.3 Å². The number of anilines is 2. The lowest BCUT2D eigenvalue weighted by molar-refractivity contribution is -0.120. The van der Waals surface area contributed by atoms with Crippen molar-refractivity contribution in [3.05, 3.63) is 12.3 Å². The van der Waals surface area contributed by atoms with Gasteiger partial charge < -0.3 is 16.0 Å². The first-order chi connectivity index (χ1) is 8.26. The summed E-state index contributed by atoms with van der Waals surface area (Å²) in [6.07, 6.45) is 2.12. The van der Waals surface area contributed by atoms with Crippen molar-refractivity contribution in [2.45, 2.75) is 20.3 Å². The molecule has 0 bridgehead atoms. The van der Waals surface area contributed by atoms with E-state index in [1.807, 2.05) is 13.8 Å². The van der Waals surface area contributed by atoms with Crippen LogP contribution >= 0.6 is 0 Å². The lowest BCUT2D eigenvalue weighted by Gasteiger charge is -2.07. The van der Waals surface area contributed by atoms with Gasteiger partial charge in [-0.3, -0.25) is 4.79 Å². The number of carbonyl (C=O) groups excluding carboxylic acids is 1. The third-order valence-electron chi connectivity index (χ3n) is 2.02. The molecule has 0 atom stereocenters. The molecule has 1 heterocycles. The van der Waals surface area contributed by atoms with Crippen molar-refractivity contribution in [3.63, 3.8) is 0 Å². The molecule has 6 nitrogen and oxygen atoms in total. The molecule has 0 aromatic carbocycles. The minimum Gasteiger partial charge on any atom is -0.369 e. The van der Waals surface area contributed by atoms with Gasteiger partial charge in [0.25, 0.3) is 0 Å². The largest absolute Gasteiger partial charge is 0.369 e. The van der Waals surface area contributed by atoms with E-state index in [4.69, 9.17) is 0 Å². The predicted octanol–water partition coefficient (Wildman–Crippen LogP) is 0.846. The minimum absolute atomic E-state index is 0.0426. The van der Waals surface area contributed by atoms with E-state index in [0.717, 1.165) is 12.4 Å². The third-order valence-corrected chi connectivity index (χ3v) is 2.02. The van der Waals surface area contributed by atoms with Gasteiger partial charge in [-0.1, -0.05) is 0 Å². The van der Waals surface area contributed by atoms with Gasteiger partial charge in [0.05, 0.1) is 0 Å². The molecule has 0 radical (unpaired) electrons. The molecule has 0 fully saturated rings. The average molecular weight is 237 g/mol.